The standard InChI is InChI=1S/C13H7N3O3S/c17-5-8-4-14-12-16(8)10(6-20-12)7-1-2-9-11(3-7)19-13(18)15-9/h1-6H,(H,15,18). The summed E-state index contributed by atoms with van der Waals surface area (Å²) in [7, 11) is 0. The second-order valence-corrected chi connectivity index (χ2v) is 5.10. The van der Waals surface area contributed by atoms with Gasteiger partial charge in [-0.1, -0.05) is 6.07 Å². The summed E-state index contributed by atoms with van der Waals surface area (Å²) < 4.78 is 6.84. The number of nitrogens with zero attached hydrogens (tertiary/aromatic N) is 2. The van der Waals surface area contributed by atoms with Crippen LogP contribution in [0.1, 0.15) is 10.5 Å². The monoisotopic (exact) mass is 285 g/mol. The third-order valence-corrected chi connectivity index (χ3v) is 3.95. The van der Waals surface area contributed by atoms with Crippen molar-refractivity contribution in [3.8, 4) is 11.3 Å². The average Bonchev–Trinajstić information content (AvgIpc) is 3.09. The summed E-state index contributed by atoms with van der Waals surface area (Å²) in [4.78, 5) is 29.7. The second-order valence-electron chi connectivity index (χ2n) is 4.27. The molecule has 4 rings (SSSR count). The molecule has 0 saturated carbocycles. The number of imidazole rings is 1. The molecule has 0 saturated heterocycles. The van der Waals surface area contributed by atoms with E-state index in [0.717, 1.165) is 22.5 Å². The number of oxazole rings is 1. The molecule has 0 aliphatic rings. The van der Waals surface area contributed by atoms with E-state index in [1.807, 2.05) is 11.4 Å². The van der Waals surface area contributed by atoms with Crippen molar-refractivity contribution in [1.82, 2.24) is 14.4 Å². The summed E-state index contributed by atoms with van der Waals surface area (Å²) in [6.45, 7) is 0. The number of hydrogen-bond acceptors (Lipinski definition) is 5. The lowest BCUT2D eigenvalue weighted by Gasteiger charge is -2.00. The van der Waals surface area contributed by atoms with Gasteiger partial charge in [0.15, 0.2) is 16.8 Å². The number of thiazole rings is 1. The summed E-state index contributed by atoms with van der Waals surface area (Å²) in [5, 5.41) is 1.92. The Labute approximate surface area is 115 Å². The highest BCUT2D eigenvalue weighted by Gasteiger charge is 2.12. The number of carbonyl (C=O) groups excluding carboxylic acids is 1. The van der Waals surface area contributed by atoms with Crippen LogP contribution in [0.2, 0.25) is 0 Å². The lowest BCUT2D eigenvalue weighted by atomic mass is 10.1. The molecule has 4 aromatic rings. The van der Waals surface area contributed by atoms with Gasteiger partial charge in [-0.05, 0) is 12.1 Å². The highest BCUT2D eigenvalue weighted by molar-refractivity contribution is 7.15. The van der Waals surface area contributed by atoms with Gasteiger partial charge in [-0.2, -0.15) is 0 Å². The predicted octanol–water partition coefficient (Wildman–Crippen LogP) is 2.31. The van der Waals surface area contributed by atoms with Gasteiger partial charge in [-0.3, -0.25) is 14.2 Å². The molecule has 0 fully saturated rings. The zero-order valence-electron chi connectivity index (χ0n) is 9.99. The van der Waals surface area contributed by atoms with Gasteiger partial charge in [0, 0.05) is 10.9 Å². The van der Waals surface area contributed by atoms with Gasteiger partial charge in [-0.15, -0.1) is 11.3 Å². The van der Waals surface area contributed by atoms with Gasteiger partial charge >= 0.3 is 5.76 Å². The Morgan fingerprint density at radius 3 is 3.15 bits per heavy atom. The molecule has 0 radical (unpaired) electrons. The molecule has 3 aromatic heterocycles. The number of aldehydes is 1. The molecule has 20 heavy (non-hydrogen) atoms. The summed E-state index contributed by atoms with van der Waals surface area (Å²) in [6.07, 6.45) is 2.31. The van der Waals surface area contributed by atoms with Crippen LogP contribution >= 0.6 is 11.3 Å². The minimum Gasteiger partial charge on any atom is -0.408 e. The molecule has 0 aliphatic heterocycles. The Morgan fingerprint density at radius 1 is 1.40 bits per heavy atom. The number of fused-ring (bicyclic) bond motifs is 2. The van der Waals surface area contributed by atoms with Crippen LogP contribution in [0.3, 0.4) is 0 Å². The number of aromatic nitrogens is 3. The van der Waals surface area contributed by atoms with Crippen LogP contribution in [0.4, 0.5) is 0 Å². The normalized spacial score (nSPS) is 11.4. The van der Waals surface area contributed by atoms with Crippen molar-refractivity contribution < 1.29 is 9.21 Å². The van der Waals surface area contributed by atoms with Gasteiger partial charge in [0.05, 0.1) is 17.4 Å². The molecule has 0 spiro atoms. The minimum atomic E-state index is -0.483. The zero-order valence-corrected chi connectivity index (χ0v) is 10.8. The number of rotatable bonds is 2. The van der Waals surface area contributed by atoms with E-state index in [4.69, 9.17) is 4.42 Å². The van der Waals surface area contributed by atoms with Gasteiger partial charge < -0.3 is 4.42 Å². The number of hydrogen-bond donors (Lipinski definition) is 1. The summed E-state index contributed by atoms with van der Waals surface area (Å²) >= 11 is 1.45. The lowest BCUT2D eigenvalue weighted by Crippen LogP contribution is -1.92. The van der Waals surface area contributed by atoms with E-state index in [2.05, 4.69) is 9.97 Å². The molecular weight excluding hydrogens is 278 g/mol. The van der Waals surface area contributed by atoms with Gasteiger partial charge in [-0.25, -0.2) is 9.78 Å². The Balaban J connectivity index is 2.02. The van der Waals surface area contributed by atoms with E-state index in [9.17, 15) is 9.59 Å². The second kappa shape index (κ2) is 3.91. The van der Waals surface area contributed by atoms with E-state index in [1.165, 1.54) is 17.5 Å². The van der Waals surface area contributed by atoms with Crippen molar-refractivity contribution in [1.29, 1.82) is 0 Å². The van der Waals surface area contributed by atoms with Crippen LogP contribution in [0.5, 0.6) is 0 Å². The molecule has 1 aromatic carbocycles. The largest absolute Gasteiger partial charge is 0.417 e. The van der Waals surface area contributed by atoms with Crippen molar-refractivity contribution in [2.75, 3.05) is 0 Å². The maximum absolute atomic E-state index is 11.2. The van der Waals surface area contributed by atoms with E-state index in [0.29, 0.717) is 16.8 Å². The van der Waals surface area contributed by atoms with Crippen molar-refractivity contribution in [2.45, 2.75) is 0 Å². The van der Waals surface area contributed by atoms with Crippen LogP contribution < -0.4 is 5.76 Å². The van der Waals surface area contributed by atoms with Gasteiger partial charge in [0.25, 0.3) is 0 Å². The molecule has 7 heteroatoms. The topological polar surface area (TPSA) is 80.4 Å². The predicted molar refractivity (Wildman–Crippen MR) is 74.3 cm³/mol. The van der Waals surface area contributed by atoms with E-state index >= 15 is 0 Å². The number of carbonyl (C=O) groups is 1. The number of H-pyrrole nitrogens is 1. The van der Waals surface area contributed by atoms with Crippen LogP contribution in [0.25, 0.3) is 27.3 Å². The molecule has 3 heterocycles. The van der Waals surface area contributed by atoms with Crippen LogP contribution in [-0.2, 0) is 0 Å². The fraction of sp³-hybridized carbons (Fsp3) is 0. The maximum atomic E-state index is 11.2. The third-order valence-electron chi connectivity index (χ3n) is 3.11. The number of nitrogens with one attached hydrogen (secondary N) is 1. The number of benzene rings is 1. The van der Waals surface area contributed by atoms with Gasteiger partial charge in [0.2, 0.25) is 0 Å². The first-order chi connectivity index (χ1) is 9.76. The lowest BCUT2D eigenvalue weighted by molar-refractivity contribution is 0.111. The summed E-state index contributed by atoms with van der Waals surface area (Å²) in [6, 6.07) is 5.41. The quantitative estimate of drug-likeness (QED) is 0.573. The third kappa shape index (κ3) is 1.47. The van der Waals surface area contributed by atoms with Gasteiger partial charge in [0.1, 0.15) is 5.69 Å². The fourth-order valence-electron chi connectivity index (χ4n) is 2.22. The average molecular weight is 285 g/mol. The van der Waals surface area contributed by atoms with Crippen molar-refractivity contribution >= 4 is 33.7 Å². The highest BCUT2D eigenvalue weighted by Crippen LogP contribution is 2.28. The van der Waals surface area contributed by atoms with Crippen molar-refractivity contribution in [3.63, 3.8) is 0 Å². The van der Waals surface area contributed by atoms with Crippen LogP contribution in [-0.4, -0.2) is 20.7 Å². The summed E-state index contributed by atoms with van der Waals surface area (Å²) in [5.41, 5.74) is 3.32. The van der Waals surface area contributed by atoms with E-state index < -0.39 is 5.76 Å². The minimum absolute atomic E-state index is 0.483. The zero-order chi connectivity index (χ0) is 13.7. The van der Waals surface area contributed by atoms with E-state index in [1.54, 1.807) is 16.5 Å². The molecule has 0 aliphatic carbocycles. The first-order valence-corrected chi connectivity index (χ1v) is 6.67. The molecule has 6 nitrogen and oxygen atoms in total. The van der Waals surface area contributed by atoms with Crippen molar-refractivity contribution in [3.05, 3.63) is 46.0 Å². The van der Waals surface area contributed by atoms with Crippen molar-refractivity contribution in [2.24, 2.45) is 0 Å². The summed E-state index contributed by atoms with van der Waals surface area (Å²) in [5.74, 6) is -0.483. The van der Waals surface area contributed by atoms with Crippen LogP contribution in [0, 0.1) is 0 Å². The first-order valence-electron chi connectivity index (χ1n) is 5.79. The molecule has 0 bridgehead atoms. The fourth-order valence-corrected chi connectivity index (χ4v) is 3.10. The van der Waals surface area contributed by atoms with E-state index in [-0.39, 0.29) is 0 Å². The Hall–Kier alpha value is -2.67. The Morgan fingerprint density at radius 2 is 2.30 bits per heavy atom. The number of aromatic amines is 1. The molecule has 1 N–H and O–H groups in total. The molecule has 98 valence electrons. The Bertz CT molecular complexity index is 1000. The molecule has 0 amide bonds. The molecular formula is C13H7N3O3S. The maximum Gasteiger partial charge on any atom is 0.417 e. The smallest absolute Gasteiger partial charge is 0.408 e. The Kier molecular flexibility index (Phi) is 2.19. The molecule has 0 atom stereocenters. The van der Waals surface area contributed by atoms with Crippen LogP contribution in [0.15, 0.2) is 39.0 Å². The highest BCUT2D eigenvalue weighted by atomic mass is 32.1. The first kappa shape index (κ1) is 11.2. The molecule has 0 unspecified atom stereocenters. The SMILES string of the molecule is O=Cc1cnc2scc(-c3ccc4[nH]c(=O)oc4c3)n12.